The van der Waals surface area contributed by atoms with E-state index in [1.54, 1.807) is 0 Å². The van der Waals surface area contributed by atoms with E-state index in [9.17, 15) is 0 Å². The SMILES string of the molecule is C=CC/C=C/C/C=C/CCCCCCCc1cccc(OP(=S)(Oc2cccc(CCCCCCCCCCCCCCC)c2)c2ccccc2)c1. The van der Waals surface area contributed by atoms with Crippen LogP contribution in [-0.4, -0.2) is 0 Å². The maximum atomic E-state index is 6.67. The van der Waals surface area contributed by atoms with Gasteiger partial charge in [0.1, 0.15) is 11.5 Å². The van der Waals surface area contributed by atoms with Crippen LogP contribution < -0.4 is 14.4 Å². The van der Waals surface area contributed by atoms with Gasteiger partial charge in [-0.05, 0) is 111 Å². The largest absolute Gasteiger partial charge is 0.432 e. The summed E-state index contributed by atoms with van der Waals surface area (Å²) < 4.78 is 13.3. The summed E-state index contributed by atoms with van der Waals surface area (Å²) in [6.45, 7) is 3.18. The first-order chi connectivity index (χ1) is 25.6. The summed E-state index contributed by atoms with van der Waals surface area (Å²) in [5.74, 6) is 1.59. The van der Waals surface area contributed by atoms with E-state index in [0.717, 1.165) is 42.5 Å². The van der Waals surface area contributed by atoms with Crippen LogP contribution in [0.3, 0.4) is 0 Å². The van der Waals surface area contributed by atoms with Gasteiger partial charge in [0.2, 0.25) is 0 Å². The van der Waals surface area contributed by atoms with Gasteiger partial charge in [0.25, 0.3) is 0 Å². The van der Waals surface area contributed by atoms with Gasteiger partial charge in [0.05, 0.1) is 5.30 Å². The molecule has 0 aliphatic heterocycles. The molecule has 3 aromatic rings. The second-order valence-electron chi connectivity index (χ2n) is 14.3. The second kappa shape index (κ2) is 28.6. The molecule has 2 nitrogen and oxygen atoms in total. The highest BCUT2D eigenvalue weighted by atomic mass is 32.5. The van der Waals surface area contributed by atoms with E-state index >= 15 is 0 Å². The van der Waals surface area contributed by atoms with Crippen molar-refractivity contribution < 1.29 is 9.05 Å². The van der Waals surface area contributed by atoms with Crippen molar-refractivity contribution in [2.45, 2.75) is 155 Å². The monoisotopic (exact) mass is 740 g/mol. The quantitative estimate of drug-likeness (QED) is 0.0372. The van der Waals surface area contributed by atoms with Crippen LogP contribution in [0.15, 0.2) is 116 Å². The molecule has 0 saturated carbocycles. The summed E-state index contributed by atoms with van der Waals surface area (Å²) in [6.07, 6.45) is 40.3. The molecule has 3 aromatic carbocycles. The van der Waals surface area contributed by atoms with Gasteiger partial charge >= 0.3 is 6.49 Å². The lowest BCUT2D eigenvalue weighted by molar-refractivity contribution is 0.497. The summed E-state index contributed by atoms with van der Waals surface area (Å²) in [4.78, 5) is 0. The zero-order valence-electron chi connectivity index (χ0n) is 32.5. The van der Waals surface area contributed by atoms with Gasteiger partial charge in [-0.25, -0.2) is 0 Å². The van der Waals surface area contributed by atoms with Crippen molar-refractivity contribution in [3.05, 3.63) is 127 Å². The van der Waals surface area contributed by atoms with Crippen LogP contribution in [-0.2, 0) is 24.6 Å². The Balaban J connectivity index is 1.41. The first kappa shape index (κ1) is 43.5. The van der Waals surface area contributed by atoms with Crippen LogP contribution in [0.4, 0.5) is 0 Å². The molecule has 0 radical (unpaired) electrons. The van der Waals surface area contributed by atoms with E-state index in [2.05, 4.69) is 74.2 Å². The predicted molar refractivity (Wildman–Crippen MR) is 233 cm³/mol. The normalized spacial score (nSPS) is 12.7. The van der Waals surface area contributed by atoms with Crippen molar-refractivity contribution in [3.63, 3.8) is 0 Å². The minimum atomic E-state index is -2.86. The third-order valence-electron chi connectivity index (χ3n) is 9.63. The molecule has 0 aliphatic rings. The Bertz CT molecular complexity index is 1450. The standard InChI is InChI=1S/C48H69O2PS/c1-3-5-7-9-11-13-15-17-19-21-23-25-28-34-44-36-32-38-46(42-44)49-51(52,48-40-30-27-31-41-48)50-47-39-33-37-45(43-47)35-29-26-24-22-20-18-16-14-12-10-8-6-4-2/h3,7,9,13,15,27,30-33,36-43H,1,4-6,8,10-12,14,16-26,28-29,34-35H2,2H3/b9-7+,15-13+. The van der Waals surface area contributed by atoms with E-state index in [4.69, 9.17) is 20.9 Å². The molecular weight excluding hydrogens is 672 g/mol. The number of hydrogen-bond acceptors (Lipinski definition) is 3. The summed E-state index contributed by atoms with van der Waals surface area (Å²) in [6, 6.07) is 27.1. The van der Waals surface area contributed by atoms with Crippen molar-refractivity contribution in [1.82, 2.24) is 0 Å². The van der Waals surface area contributed by atoms with Crippen LogP contribution in [0.25, 0.3) is 0 Å². The summed E-state index contributed by atoms with van der Waals surface area (Å²) in [5, 5.41) is 0.927. The molecule has 4 heteroatoms. The van der Waals surface area contributed by atoms with Gasteiger partial charge in [-0.3, -0.25) is 0 Å². The molecule has 0 N–H and O–H groups in total. The summed E-state index contributed by atoms with van der Waals surface area (Å²) in [7, 11) is 0. The highest BCUT2D eigenvalue weighted by Gasteiger charge is 2.26. The molecule has 284 valence electrons. The van der Waals surface area contributed by atoms with Crippen molar-refractivity contribution in [2.75, 3.05) is 0 Å². The minimum Gasteiger partial charge on any atom is -0.432 e. The lowest BCUT2D eigenvalue weighted by Crippen LogP contribution is -2.14. The van der Waals surface area contributed by atoms with E-state index in [1.165, 1.54) is 133 Å². The fourth-order valence-corrected chi connectivity index (χ4v) is 9.03. The molecule has 0 spiro atoms. The first-order valence-corrected chi connectivity index (χ1v) is 23.4. The Kier molecular flexibility index (Phi) is 24.0. The lowest BCUT2D eigenvalue weighted by atomic mass is 10.0. The molecule has 0 aromatic heterocycles. The molecule has 1 unspecified atom stereocenters. The zero-order chi connectivity index (χ0) is 36.8. The first-order valence-electron chi connectivity index (χ1n) is 20.8. The smallest absolute Gasteiger partial charge is 0.319 e. The second-order valence-corrected chi connectivity index (χ2v) is 17.6. The molecule has 52 heavy (non-hydrogen) atoms. The van der Waals surface area contributed by atoms with E-state index < -0.39 is 6.49 Å². The van der Waals surface area contributed by atoms with Crippen molar-refractivity contribution >= 4 is 23.6 Å². The number of hydrogen-bond donors (Lipinski definition) is 0. The molecule has 0 aliphatic carbocycles. The Morgan fingerprint density at radius 2 is 0.981 bits per heavy atom. The van der Waals surface area contributed by atoms with Crippen LogP contribution in [0.5, 0.6) is 11.5 Å². The van der Waals surface area contributed by atoms with Gasteiger partial charge in [-0.15, -0.1) is 6.58 Å². The van der Waals surface area contributed by atoms with E-state index in [-0.39, 0.29) is 0 Å². The van der Waals surface area contributed by atoms with Gasteiger partial charge in [-0.2, -0.15) is 0 Å². The van der Waals surface area contributed by atoms with Crippen LogP contribution in [0.1, 0.15) is 153 Å². The van der Waals surface area contributed by atoms with Gasteiger partial charge in [-0.1, -0.05) is 176 Å². The van der Waals surface area contributed by atoms with Crippen LogP contribution in [0.2, 0.25) is 0 Å². The zero-order valence-corrected chi connectivity index (χ0v) is 34.2. The average molecular weight is 741 g/mol. The van der Waals surface area contributed by atoms with Crippen LogP contribution in [0, 0.1) is 0 Å². The number of aryl methyl sites for hydroxylation is 2. The average Bonchev–Trinajstić information content (AvgIpc) is 3.16. The lowest BCUT2D eigenvalue weighted by Gasteiger charge is -2.24. The third kappa shape index (κ3) is 19.8. The van der Waals surface area contributed by atoms with E-state index in [0.29, 0.717) is 0 Å². The Labute approximate surface area is 324 Å². The molecule has 0 heterocycles. The Morgan fingerprint density at radius 3 is 1.50 bits per heavy atom. The van der Waals surface area contributed by atoms with Crippen molar-refractivity contribution in [1.29, 1.82) is 0 Å². The van der Waals surface area contributed by atoms with Gasteiger partial charge < -0.3 is 9.05 Å². The molecule has 0 bridgehead atoms. The minimum absolute atomic E-state index is 0.791. The Morgan fingerprint density at radius 1 is 0.519 bits per heavy atom. The molecular formula is C48H69O2PS. The Hall–Kier alpha value is -2.87. The highest BCUT2D eigenvalue weighted by Crippen LogP contribution is 2.48. The van der Waals surface area contributed by atoms with Crippen molar-refractivity contribution in [2.24, 2.45) is 0 Å². The van der Waals surface area contributed by atoms with Gasteiger partial charge in [0.15, 0.2) is 0 Å². The summed E-state index contributed by atoms with van der Waals surface area (Å²) >= 11 is 6.27. The third-order valence-corrected chi connectivity index (χ3v) is 12.5. The molecule has 0 saturated heterocycles. The maximum absolute atomic E-state index is 6.67. The summed E-state index contributed by atoms with van der Waals surface area (Å²) in [5.41, 5.74) is 2.60. The van der Waals surface area contributed by atoms with E-state index in [1.807, 2.05) is 48.5 Å². The van der Waals surface area contributed by atoms with Crippen LogP contribution >= 0.6 is 6.49 Å². The number of allylic oxidation sites excluding steroid dienone is 5. The maximum Gasteiger partial charge on any atom is 0.319 e. The molecule has 3 rings (SSSR count). The fraction of sp³-hybridized carbons (Fsp3) is 0.500. The fourth-order valence-electron chi connectivity index (χ4n) is 6.58. The topological polar surface area (TPSA) is 18.5 Å². The number of unbranched alkanes of at least 4 members (excludes halogenated alkanes) is 17. The van der Waals surface area contributed by atoms with Crippen molar-refractivity contribution in [3.8, 4) is 11.5 Å². The number of rotatable bonds is 31. The highest BCUT2D eigenvalue weighted by molar-refractivity contribution is 8.13. The molecule has 0 fully saturated rings. The predicted octanol–water partition coefficient (Wildman–Crippen LogP) is 15.4. The number of benzene rings is 3. The molecule has 0 amide bonds. The molecule has 1 atom stereocenters. The van der Waals surface area contributed by atoms with Gasteiger partial charge in [0, 0.05) is 0 Å².